The minimum Gasteiger partial charge on any atom is -0.301 e. The molecule has 0 aromatic rings. The maximum Gasteiger partial charge on any atom is 0.108 e. The van der Waals surface area contributed by atoms with Gasteiger partial charge >= 0.3 is 0 Å². The molecular weight excluding hydrogens is 174 g/mol. The van der Waals surface area contributed by atoms with Crippen molar-refractivity contribution in [2.75, 3.05) is 19.6 Å². The molecule has 0 aromatic carbocycles. The van der Waals surface area contributed by atoms with Crippen LogP contribution >= 0.6 is 0 Å². The smallest absolute Gasteiger partial charge is 0.108 e. The number of hydrogen-bond donors (Lipinski definition) is 1. The quantitative estimate of drug-likeness (QED) is 0.720. The Hall–Kier alpha value is -0.590. The molecule has 1 N–H and O–H groups in total. The van der Waals surface area contributed by atoms with Crippen LogP contribution in [0.15, 0.2) is 0 Å². The topological polar surface area (TPSA) is 39.1 Å². The first-order valence-corrected chi connectivity index (χ1v) is 5.65. The summed E-state index contributed by atoms with van der Waals surface area (Å²) in [4.78, 5) is 2.41. The van der Waals surface area contributed by atoms with E-state index in [-0.39, 0.29) is 6.04 Å². The highest BCUT2D eigenvalue weighted by Gasteiger charge is 2.22. The highest BCUT2D eigenvalue weighted by atomic mass is 15.2. The third kappa shape index (κ3) is 3.28. The van der Waals surface area contributed by atoms with Crippen LogP contribution in [0.25, 0.3) is 0 Å². The van der Waals surface area contributed by atoms with Crippen molar-refractivity contribution in [1.29, 1.82) is 5.26 Å². The van der Waals surface area contributed by atoms with Gasteiger partial charge in [0.25, 0.3) is 0 Å². The van der Waals surface area contributed by atoms with Crippen LogP contribution in [0.1, 0.15) is 33.1 Å². The van der Waals surface area contributed by atoms with Crippen molar-refractivity contribution in [2.45, 2.75) is 45.2 Å². The molecule has 0 bridgehead atoms. The molecule has 1 aliphatic rings. The number of nitrogens with one attached hydrogen (secondary N) is 1. The summed E-state index contributed by atoms with van der Waals surface area (Å²) in [5.74, 6) is 0. The molecule has 0 aromatic heterocycles. The molecule has 2 unspecified atom stereocenters. The Morgan fingerprint density at radius 1 is 1.64 bits per heavy atom. The van der Waals surface area contributed by atoms with Crippen LogP contribution in [0.5, 0.6) is 0 Å². The second kappa shape index (κ2) is 6.00. The first kappa shape index (κ1) is 11.5. The minimum absolute atomic E-state index is 0.00972. The zero-order valence-corrected chi connectivity index (χ0v) is 9.29. The lowest BCUT2D eigenvalue weighted by Crippen LogP contribution is -2.41. The number of rotatable bonds is 5. The SMILES string of the molecule is CCCNC(C#N)CN1CCCC1C. The molecular formula is C11H21N3. The fourth-order valence-corrected chi connectivity index (χ4v) is 1.97. The van der Waals surface area contributed by atoms with Gasteiger partial charge in [0.1, 0.15) is 6.04 Å². The zero-order chi connectivity index (χ0) is 10.4. The first-order valence-electron chi connectivity index (χ1n) is 5.65. The van der Waals surface area contributed by atoms with E-state index < -0.39 is 0 Å². The number of nitrogens with zero attached hydrogens (tertiary/aromatic N) is 2. The lowest BCUT2D eigenvalue weighted by atomic mass is 10.2. The van der Waals surface area contributed by atoms with Crippen molar-refractivity contribution in [3.63, 3.8) is 0 Å². The summed E-state index contributed by atoms with van der Waals surface area (Å²) < 4.78 is 0. The fraction of sp³-hybridized carbons (Fsp3) is 0.909. The Balaban J connectivity index is 2.29. The van der Waals surface area contributed by atoms with Gasteiger partial charge in [0.2, 0.25) is 0 Å². The normalized spacial score (nSPS) is 24.8. The molecule has 2 atom stereocenters. The lowest BCUT2D eigenvalue weighted by Gasteiger charge is -2.23. The van der Waals surface area contributed by atoms with Crippen molar-refractivity contribution < 1.29 is 0 Å². The summed E-state index contributed by atoms with van der Waals surface area (Å²) in [5, 5.41) is 12.2. The Morgan fingerprint density at radius 2 is 2.43 bits per heavy atom. The molecule has 80 valence electrons. The fourth-order valence-electron chi connectivity index (χ4n) is 1.97. The summed E-state index contributed by atoms with van der Waals surface area (Å²) in [6, 6.07) is 3.00. The predicted octanol–water partition coefficient (Wildman–Crippen LogP) is 1.36. The van der Waals surface area contributed by atoms with E-state index in [1.807, 2.05) is 0 Å². The molecule has 3 heteroatoms. The van der Waals surface area contributed by atoms with E-state index in [0.717, 1.165) is 26.1 Å². The molecule has 0 radical (unpaired) electrons. The van der Waals surface area contributed by atoms with Gasteiger partial charge in [-0.1, -0.05) is 6.92 Å². The van der Waals surface area contributed by atoms with Gasteiger partial charge in [-0.15, -0.1) is 0 Å². The van der Waals surface area contributed by atoms with Gasteiger partial charge in [-0.05, 0) is 39.3 Å². The maximum absolute atomic E-state index is 8.96. The summed E-state index contributed by atoms with van der Waals surface area (Å²) in [6.07, 6.45) is 3.66. The summed E-state index contributed by atoms with van der Waals surface area (Å²) in [7, 11) is 0. The molecule has 0 amide bonds. The Labute approximate surface area is 87.1 Å². The lowest BCUT2D eigenvalue weighted by molar-refractivity contribution is 0.252. The van der Waals surface area contributed by atoms with E-state index in [4.69, 9.17) is 5.26 Å². The standard InChI is InChI=1S/C11H21N3/c1-3-6-13-11(8-12)9-14-7-4-5-10(14)2/h10-11,13H,3-7,9H2,1-2H3. The largest absolute Gasteiger partial charge is 0.301 e. The third-order valence-electron chi connectivity index (χ3n) is 2.90. The van der Waals surface area contributed by atoms with Crippen LogP contribution in [-0.4, -0.2) is 36.6 Å². The number of nitriles is 1. The van der Waals surface area contributed by atoms with E-state index in [0.29, 0.717) is 6.04 Å². The van der Waals surface area contributed by atoms with Crippen LogP contribution in [0, 0.1) is 11.3 Å². The Kier molecular flexibility index (Phi) is 4.92. The molecule has 1 rings (SSSR count). The molecule has 3 nitrogen and oxygen atoms in total. The molecule has 1 fully saturated rings. The Bertz CT molecular complexity index is 197. The molecule has 1 aliphatic heterocycles. The van der Waals surface area contributed by atoms with Gasteiger partial charge in [0.15, 0.2) is 0 Å². The van der Waals surface area contributed by atoms with Gasteiger partial charge in [-0.3, -0.25) is 4.90 Å². The van der Waals surface area contributed by atoms with Crippen LogP contribution in [0.4, 0.5) is 0 Å². The van der Waals surface area contributed by atoms with Crippen LogP contribution < -0.4 is 5.32 Å². The van der Waals surface area contributed by atoms with Crippen molar-refractivity contribution >= 4 is 0 Å². The van der Waals surface area contributed by atoms with E-state index in [1.165, 1.54) is 12.8 Å². The average molecular weight is 195 g/mol. The minimum atomic E-state index is 0.00972. The second-order valence-electron chi connectivity index (χ2n) is 4.12. The van der Waals surface area contributed by atoms with Crippen LogP contribution in [0.2, 0.25) is 0 Å². The summed E-state index contributed by atoms with van der Waals surface area (Å²) in [6.45, 7) is 7.37. The molecule has 0 saturated carbocycles. The first-order chi connectivity index (χ1) is 6.77. The number of likely N-dealkylation sites (tertiary alicyclic amines) is 1. The monoisotopic (exact) mass is 195 g/mol. The van der Waals surface area contributed by atoms with Gasteiger partial charge in [-0.25, -0.2) is 0 Å². The zero-order valence-electron chi connectivity index (χ0n) is 9.29. The van der Waals surface area contributed by atoms with Gasteiger partial charge in [0, 0.05) is 12.6 Å². The van der Waals surface area contributed by atoms with Crippen molar-refractivity contribution in [1.82, 2.24) is 10.2 Å². The summed E-state index contributed by atoms with van der Waals surface area (Å²) in [5.41, 5.74) is 0. The second-order valence-corrected chi connectivity index (χ2v) is 4.12. The van der Waals surface area contributed by atoms with Crippen molar-refractivity contribution in [2.24, 2.45) is 0 Å². The van der Waals surface area contributed by atoms with E-state index >= 15 is 0 Å². The highest BCUT2D eigenvalue weighted by molar-refractivity contribution is 4.93. The van der Waals surface area contributed by atoms with Crippen LogP contribution in [-0.2, 0) is 0 Å². The van der Waals surface area contributed by atoms with Gasteiger partial charge in [-0.2, -0.15) is 5.26 Å². The van der Waals surface area contributed by atoms with E-state index in [1.54, 1.807) is 0 Å². The predicted molar refractivity (Wildman–Crippen MR) is 58.0 cm³/mol. The van der Waals surface area contributed by atoms with Crippen molar-refractivity contribution in [3.05, 3.63) is 0 Å². The Morgan fingerprint density at radius 3 is 2.93 bits per heavy atom. The third-order valence-corrected chi connectivity index (χ3v) is 2.90. The molecule has 1 heterocycles. The molecule has 14 heavy (non-hydrogen) atoms. The van der Waals surface area contributed by atoms with Crippen molar-refractivity contribution in [3.8, 4) is 6.07 Å². The molecule has 0 spiro atoms. The molecule has 0 aliphatic carbocycles. The van der Waals surface area contributed by atoms with E-state index in [9.17, 15) is 0 Å². The van der Waals surface area contributed by atoms with Gasteiger partial charge in [0.05, 0.1) is 6.07 Å². The highest BCUT2D eigenvalue weighted by Crippen LogP contribution is 2.16. The molecule has 1 saturated heterocycles. The van der Waals surface area contributed by atoms with Crippen LogP contribution in [0.3, 0.4) is 0 Å². The maximum atomic E-state index is 8.96. The average Bonchev–Trinajstić information content (AvgIpc) is 2.59. The number of hydrogen-bond acceptors (Lipinski definition) is 3. The van der Waals surface area contributed by atoms with Gasteiger partial charge < -0.3 is 5.32 Å². The van der Waals surface area contributed by atoms with E-state index in [2.05, 4.69) is 30.1 Å². The summed E-state index contributed by atoms with van der Waals surface area (Å²) >= 11 is 0.